The highest BCUT2D eigenvalue weighted by molar-refractivity contribution is 5.89. The molecule has 0 radical (unpaired) electrons. The van der Waals surface area contributed by atoms with Crippen LogP contribution in [0.2, 0.25) is 0 Å². The predicted octanol–water partition coefficient (Wildman–Crippen LogP) is 1.19. The quantitative estimate of drug-likeness (QED) is 0.752. The van der Waals surface area contributed by atoms with E-state index >= 15 is 0 Å². The fourth-order valence-corrected chi connectivity index (χ4v) is 1.23. The van der Waals surface area contributed by atoms with Crippen LogP contribution in [0.15, 0.2) is 18.2 Å². The molecular formula is C11H12F2N2O4. The Morgan fingerprint density at radius 2 is 1.95 bits per heavy atom. The zero-order valence-corrected chi connectivity index (χ0v) is 9.94. The Bertz CT molecular complexity index is 462. The van der Waals surface area contributed by atoms with Crippen LogP contribution in [-0.4, -0.2) is 36.9 Å². The maximum Gasteiger partial charge on any atom is 0.334 e. The molecule has 0 fully saturated rings. The summed E-state index contributed by atoms with van der Waals surface area (Å²) in [6.45, 7) is -0.340. The van der Waals surface area contributed by atoms with Gasteiger partial charge in [0.25, 0.3) is 0 Å². The number of halogens is 2. The van der Waals surface area contributed by atoms with Crippen molar-refractivity contribution in [3.63, 3.8) is 0 Å². The van der Waals surface area contributed by atoms with Crippen molar-refractivity contribution in [2.45, 2.75) is 6.10 Å². The number of hydrogen-bond acceptors (Lipinski definition) is 3. The van der Waals surface area contributed by atoms with E-state index in [4.69, 9.17) is 5.11 Å². The highest BCUT2D eigenvalue weighted by Crippen LogP contribution is 2.17. The maximum absolute atomic E-state index is 13.2. The topological polar surface area (TPSA) is 87.7 Å². The number of methoxy groups -OCH3 is 1. The number of aliphatic carboxylic acids is 1. The molecule has 1 aromatic rings. The van der Waals surface area contributed by atoms with E-state index in [0.29, 0.717) is 0 Å². The predicted molar refractivity (Wildman–Crippen MR) is 61.8 cm³/mol. The number of carbonyl (C=O) groups is 2. The number of urea groups is 1. The third kappa shape index (κ3) is 4.18. The summed E-state index contributed by atoms with van der Waals surface area (Å²) in [6.07, 6.45) is -1.24. The lowest BCUT2D eigenvalue weighted by molar-refractivity contribution is -0.147. The van der Waals surface area contributed by atoms with Crippen molar-refractivity contribution in [1.29, 1.82) is 0 Å². The second kappa shape index (κ2) is 6.64. The van der Waals surface area contributed by atoms with E-state index in [1.54, 1.807) is 0 Å². The number of amides is 2. The van der Waals surface area contributed by atoms with E-state index in [0.717, 1.165) is 25.3 Å². The second-order valence-electron chi connectivity index (χ2n) is 3.49. The summed E-state index contributed by atoms with van der Waals surface area (Å²) in [6, 6.07) is 2.17. The normalized spacial score (nSPS) is 11.7. The first-order valence-corrected chi connectivity index (χ1v) is 5.20. The van der Waals surface area contributed by atoms with Gasteiger partial charge in [0.1, 0.15) is 17.3 Å². The van der Waals surface area contributed by atoms with Gasteiger partial charge in [0.15, 0.2) is 6.10 Å². The molecular weight excluding hydrogens is 262 g/mol. The second-order valence-corrected chi connectivity index (χ2v) is 3.49. The lowest BCUT2D eigenvalue weighted by atomic mass is 10.3. The number of carboxylic acids is 1. The van der Waals surface area contributed by atoms with Gasteiger partial charge < -0.3 is 20.5 Å². The molecule has 0 saturated carbocycles. The number of ether oxygens (including phenoxy) is 1. The van der Waals surface area contributed by atoms with Gasteiger partial charge in [-0.25, -0.2) is 18.4 Å². The third-order valence-corrected chi connectivity index (χ3v) is 2.21. The van der Waals surface area contributed by atoms with E-state index in [-0.39, 0.29) is 6.54 Å². The molecule has 104 valence electrons. The van der Waals surface area contributed by atoms with Gasteiger partial charge in [0.05, 0.1) is 6.54 Å². The number of carbonyl (C=O) groups excluding carboxylic acids is 1. The Labute approximate surface area is 107 Å². The number of rotatable bonds is 5. The largest absolute Gasteiger partial charge is 0.479 e. The number of hydrogen-bond donors (Lipinski definition) is 3. The molecule has 6 nitrogen and oxygen atoms in total. The van der Waals surface area contributed by atoms with Crippen LogP contribution in [0.5, 0.6) is 0 Å². The molecule has 0 aliphatic rings. The van der Waals surface area contributed by atoms with E-state index in [1.807, 2.05) is 5.32 Å². The molecule has 1 aromatic carbocycles. The Morgan fingerprint density at radius 1 is 1.37 bits per heavy atom. The van der Waals surface area contributed by atoms with Crippen molar-refractivity contribution in [2.75, 3.05) is 19.0 Å². The van der Waals surface area contributed by atoms with Gasteiger partial charge in [-0.2, -0.15) is 0 Å². The number of para-hydroxylation sites is 1. The minimum absolute atomic E-state index is 0.340. The smallest absolute Gasteiger partial charge is 0.334 e. The zero-order chi connectivity index (χ0) is 14.4. The zero-order valence-electron chi connectivity index (χ0n) is 9.94. The fourth-order valence-electron chi connectivity index (χ4n) is 1.23. The average molecular weight is 274 g/mol. The molecule has 1 rings (SSSR count). The van der Waals surface area contributed by atoms with Gasteiger partial charge in [-0.1, -0.05) is 6.07 Å². The number of benzene rings is 1. The van der Waals surface area contributed by atoms with Crippen LogP contribution in [0.25, 0.3) is 0 Å². The molecule has 1 unspecified atom stereocenters. The molecule has 0 aromatic heterocycles. The molecule has 2 amide bonds. The van der Waals surface area contributed by atoms with Crippen LogP contribution in [-0.2, 0) is 9.53 Å². The maximum atomic E-state index is 13.2. The van der Waals surface area contributed by atoms with Crippen LogP contribution in [0.1, 0.15) is 0 Å². The molecule has 8 heteroatoms. The summed E-state index contributed by atoms with van der Waals surface area (Å²) < 4.78 is 31.0. The van der Waals surface area contributed by atoms with Crippen LogP contribution in [0.4, 0.5) is 19.3 Å². The SMILES string of the molecule is COC(CNC(=O)Nc1c(F)cccc1F)C(=O)O. The van der Waals surface area contributed by atoms with Crippen LogP contribution < -0.4 is 10.6 Å². The van der Waals surface area contributed by atoms with Crippen molar-refractivity contribution in [3.8, 4) is 0 Å². The highest BCUT2D eigenvalue weighted by Gasteiger charge is 2.18. The van der Waals surface area contributed by atoms with Gasteiger partial charge in [-0.05, 0) is 12.1 Å². The minimum atomic E-state index is -1.26. The fraction of sp³-hybridized carbons (Fsp3) is 0.273. The van der Waals surface area contributed by atoms with Gasteiger partial charge >= 0.3 is 12.0 Å². The van der Waals surface area contributed by atoms with E-state index < -0.39 is 35.4 Å². The van der Waals surface area contributed by atoms with Gasteiger partial charge in [0, 0.05) is 7.11 Å². The van der Waals surface area contributed by atoms with E-state index in [2.05, 4.69) is 10.1 Å². The molecule has 0 aliphatic heterocycles. The molecule has 0 bridgehead atoms. The first kappa shape index (κ1) is 14.8. The summed E-state index contributed by atoms with van der Waals surface area (Å²) in [4.78, 5) is 21.9. The van der Waals surface area contributed by atoms with Gasteiger partial charge in [0.2, 0.25) is 0 Å². The molecule has 0 aliphatic carbocycles. The summed E-state index contributed by atoms with van der Waals surface area (Å²) in [5.74, 6) is -3.13. The lowest BCUT2D eigenvalue weighted by Gasteiger charge is -2.12. The number of anilines is 1. The Balaban J connectivity index is 2.59. The summed E-state index contributed by atoms with van der Waals surface area (Å²) in [7, 11) is 1.16. The van der Waals surface area contributed by atoms with Crippen molar-refractivity contribution in [2.24, 2.45) is 0 Å². The first-order valence-electron chi connectivity index (χ1n) is 5.20. The Morgan fingerprint density at radius 3 is 2.42 bits per heavy atom. The summed E-state index contributed by atoms with van der Waals surface area (Å²) in [5.41, 5.74) is -0.607. The van der Waals surface area contributed by atoms with E-state index in [1.165, 1.54) is 0 Å². The third-order valence-electron chi connectivity index (χ3n) is 2.21. The molecule has 0 saturated heterocycles. The van der Waals surface area contributed by atoms with Crippen LogP contribution >= 0.6 is 0 Å². The molecule has 19 heavy (non-hydrogen) atoms. The Kier molecular flexibility index (Phi) is 5.19. The van der Waals surface area contributed by atoms with E-state index in [9.17, 15) is 18.4 Å². The highest BCUT2D eigenvalue weighted by atomic mass is 19.1. The lowest BCUT2D eigenvalue weighted by Crippen LogP contribution is -2.40. The monoisotopic (exact) mass is 274 g/mol. The molecule has 1 atom stereocenters. The molecule has 3 N–H and O–H groups in total. The summed E-state index contributed by atoms with van der Waals surface area (Å²) >= 11 is 0. The average Bonchev–Trinajstić information content (AvgIpc) is 2.34. The summed E-state index contributed by atoms with van der Waals surface area (Å²) in [5, 5.41) is 12.7. The van der Waals surface area contributed by atoms with Crippen molar-refractivity contribution < 1.29 is 28.2 Å². The van der Waals surface area contributed by atoms with Crippen LogP contribution in [0.3, 0.4) is 0 Å². The first-order chi connectivity index (χ1) is 8.95. The molecule has 0 heterocycles. The van der Waals surface area contributed by atoms with Crippen molar-refractivity contribution in [1.82, 2.24) is 5.32 Å². The van der Waals surface area contributed by atoms with Crippen LogP contribution in [0, 0.1) is 11.6 Å². The Hall–Kier alpha value is -2.22. The number of carboxylic acid groups (broad SMARTS) is 1. The standard InChI is InChI=1S/C11H12F2N2O4/c1-19-8(10(16)17)5-14-11(18)15-9-6(12)3-2-4-7(9)13/h2-4,8H,5H2,1H3,(H,16,17)(H2,14,15,18). The van der Waals surface area contributed by atoms with Gasteiger partial charge in [-0.3, -0.25) is 0 Å². The molecule has 0 spiro atoms. The van der Waals surface area contributed by atoms with Gasteiger partial charge in [-0.15, -0.1) is 0 Å². The van der Waals surface area contributed by atoms with Crippen molar-refractivity contribution >= 4 is 17.7 Å². The number of nitrogens with one attached hydrogen (secondary N) is 2. The minimum Gasteiger partial charge on any atom is -0.479 e. The van der Waals surface area contributed by atoms with Crippen molar-refractivity contribution in [3.05, 3.63) is 29.8 Å².